The van der Waals surface area contributed by atoms with E-state index in [4.69, 9.17) is 9.72 Å². The quantitative estimate of drug-likeness (QED) is 0.253. The van der Waals surface area contributed by atoms with Crippen LogP contribution in [0.15, 0.2) is 71.8 Å². The number of nitrogens with one attached hydrogen (secondary N) is 1. The van der Waals surface area contributed by atoms with Gasteiger partial charge in [-0.2, -0.15) is 4.98 Å². The first-order chi connectivity index (χ1) is 21.5. The lowest BCUT2D eigenvalue weighted by Crippen LogP contribution is -2.45. The molecular formula is C36H43N5O4S. The van der Waals surface area contributed by atoms with Crippen LogP contribution in [0.3, 0.4) is 0 Å². The van der Waals surface area contributed by atoms with Crippen LogP contribution in [0.2, 0.25) is 0 Å². The molecule has 1 amide bonds. The molecule has 0 radical (unpaired) electrons. The molecule has 0 saturated heterocycles. The standard InChI is InChI=1S/C36H43N5O4S/c1-23-11-9-12-24(2)32(23)29-18-31-39-34(38-29)40-46(43,44)28-14-10-13-26(17-28)33(42)41(27(22-45-31)19-35(3,4)5)21-25-15-16-30(37-20-25)36(6,7)8/h9-18,20,27H,19,21-22H2,1-8H3,(H,38,39,40)/t27-/m1/s1. The van der Waals surface area contributed by atoms with Gasteiger partial charge in [-0.15, -0.1) is 0 Å². The van der Waals surface area contributed by atoms with Gasteiger partial charge in [0.1, 0.15) is 6.61 Å². The smallest absolute Gasteiger partial charge is 0.264 e. The average Bonchev–Trinajstić information content (AvgIpc) is 2.96. The molecule has 2 aromatic carbocycles. The van der Waals surface area contributed by atoms with E-state index in [0.717, 1.165) is 27.9 Å². The lowest BCUT2D eigenvalue weighted by atomic mass is 9.87. The highest BCUT2D eigenvalue weighted by Crippen LogP contribution is 2.32. The summed E-state index contributed by atoms with van der Waals surface area (Å²) in [4.78, 5) is 29.8. The molecule has 242 valence electrons. The van der Waals surface area contributed by atoms with E-state index >= 15 is 0 Å². The van der Waals surface area contributed by atoms with Gasteiger partial charge in [0.05, 0.1) is 16.6 Å². The van der Waals surface area contributed by atoms with Crippen molar-refractivity contribution in [1.82, 2.24) is 19.9 Å². The summed E-state index contributed by atoms with van der Waals surface area (Å²) < 4.78 is 36.2. The summed E-state index contributed by atoms with van der Waals surface area (Å²) in [6, 6.07) is 17.3. The number of carbonyl (C=O) groups excluding carboxylic acids is 1. The van der Waals surface area contributed by atoms with E-state index < -0.39 is 10.0 Å². The second-order valence-electron chi connectivity index (χ2n) is 14.3. The average molecular weight is 642 g/mol. The summed E-state index contributed by atoms with van der Waals surface area (Å²) in [5.41, 5.74) is 5.15. The van der Waals surface area contributed by atoms with Gasteiger partial charge in [0, 0.05) is 41.0 Å². The molecular weight excluding hydrogens is 598 g/mol. The van der Waals surface area contributed by atoms with Crippen LogP contribution in [-0.2, 0) is 22.0 Å². The number of aryl methyl sites for hydroxylation is 2. The van der Waals surface area contributed by atoms with E-state index in [1.54, 1.807) is 23.1 Å². The van der Waals surface area contributed by atoms with Gasteiger partial charge in [-0.3, -0.25) is 9.78 Å². The monoisotopic (exact) mass is 641 g/mol. The zero-order valence-corrected chi connectivity index (χ0v) is 28.7. The van der Waals surface area contributed by atoms with Crippen molar-refractivity contribution in [3.05, 3.63) is 94.8 Å². The number of aromatic nitrogens is 3. The van der Waals surface area contributed by atoms with E-state index in [1.807, 2.05) is 50.4 Å². The Hall–Kier alpha value is -4.31. The molecule has 4 aromatic rings. The molecule has 2 aromatic heterocycles. The molecule has 0 spiro atoms. The van der Waals surface area contributed by atoms with Crippen molar-refractivity contribution in [2.45, 2.75) is 84.7 Å². The van der Waals surface area contributed by atoms with E-state index in [0.29, 0.717) is 12.1 Å². The molecule has 1 N–H and O–H groups in total. The number of ether oxygens (including phenoxy) is 1. The van der Waals surface area contributed by atoms with E-state index in [1.165, 1.54) is 12.1 Å². The number of benzene rings is 2. The molecule has 9 nitrogen and oxygen atoms in total. The third-order valence-electron chi connectivity index (χ3n) is 7.98. The van der Waals surface area contributed by atoms with Crippen molar-refractivity contribution in [3.63, 3.8) is 0 Å². The predicted molar refractivity (Wildman–Crippen MR) is 180 cm³/mol. The molecule has 1 atom stereocenters. The lowest BCUT2D eigenvalue weighted by Gasteiger charge is -2.36. The summed E-state index contributed by atoms with van der Waals surface area (Å²) in [6.45, 7) is 17.0. The number of carbonyl (C=O) groups is 1. The maximum absolute atomic E-state index is 14.4. The highest BCUT2D eigenvalue weighted by atomic mass is 32.2. The van der Waals surface area contributed by atoms with Crippen molar-refractivity contribution in [2.24, 2.45) is 5.41 Å². The van der Waals surface area contributed by atoms with E-state index in [9.17, 15) is 13.2 Å². The topological polar surface area (TPSA) is 114 Å². The van der Waals surface area contributed by atoms with Crippen molar-refractivity contribution < 1.29 is 17.9 Å². The van der Waals surface area contributed by atoms with Gasteiger partial charge < -0.3 is 9.64 Å². The number of sulfonamides is 1. The van der Waals surface area contributed by atoms with Gasteiger partial charge in [-0.05, 0) is 66.6 Å². The van der Waals surface area contributed by atoms with Crippen LogP contribution < -0.4 is 9.46 Å². The predicted octanol–water partition coefficient (Wildman–Crippen LogP) is 7.09. The number of pyridine rings is 1. The summed E-state index contributed by atoms with van der Waals surface area (Å²) in [5, 5.41) is 0. The fraction of sp³-hybridized carbons (Fsp3) is 0.389. The fourth-order valence-electron chi connectivity index (χ4n) is 5.70. The number of anilines is 1. The molecule has 46 heavy (non-hydrogen) atoms. The van der Waals surface area contributed by atoms with Gasteiger partial charge in [0.25, 0.3) is 15.9 Å². The van der Waals surface area contributed by atoms with Crippen LogP contribution in [0, 0.1) is 19.3 Å². The summed E-state index contributed by atoms with van der Waals surface area (Å²) >= 11 is 0. The maximum Gasteiger partial charge on any atom is 0.264 e. The molecule has 0 fully saturated rings. The fourth-order valence-corrected chi connectivity index (χ4v) is 6.69. The zero-order chi connectivity index (χ0) is 33.4. The number of nitrogens with zero attached hydrogens (tertiary/aromatic N) is 4. The molecule has 1 aliphatic rings. The van der Waals surface area contributed by atoms with Crippen LogP contribution in [0.5, 0.6) is 5.88 Å². The van der Waals surface area contributed by atoms with Gasteiger partial charge in [-0.1, -0.05) is 71.9 Å². The Morgan fingerprint density at radius 2 is 1.63 bits per heavy atom. The molecule has 0 unspecified atom stereocenters. The zero-order valence-electron chi connectivity index (χ0n) is 27.9. The molecule has 0 saturated carbocycles. The number of amides is 1. The molecule has 3 heterocycles. The number of rotatable bonds is 4. The molecule has 10 heteroatoms. The lowest BCUT2D eigenvalue weighted by molar-refractivity contribution is 0.0512. The van der Waals surface area contributed by atoms with Crippen LogP contribution in [0.25, 0.3) is 11.3 Å². The van der Waals surface area contributed by atoms with Gasteiger partial charge >= 0.3 is 0 Å². The first-order valence-electron chi connectivity index (χ1n) is 15.5. The first kappa shape index (κ1) is 33.1. The Morgan fingerprint density at radius 1 is 0.935 bits per heavy atom. The minimum Gasteiger partial charge on any atom is -0.475 e. The normalized spacial score (nSPS) is 16.8. The van der Waals surface area contributed by atoms with Crippen molar-refractivity contribution in [3.8, 4) is 17.1 Å². The number of fused-ring (bicyclic) bond motifs is 4. The van der Waals surface area contributed by atoms with Crippen molar-refractivity contribution in [1.29, 1.82) is 0 Å². The Morgan fingerprint density at radius 3 is 2.26 bits per heavy atom. The highest BCUT2D eigenvalue weighted by molar-refractivity contribution is 7.92. The van der Waals surface area contributed by atoms with Crippen LogP contribution in [0.1, 0.15) is 80.7 Å². The van der Waals surface area contributed by atoms with E-state index in [-0.39, 0.29) is 58.2 Å². The van der Waals surface area contributed by atoms with E-state index in [2.05, 4.69) is 56.2 Å². The minimum atomic E-state index is -4.15. The second-order valence-corrected chi connectivity index (χ2v) is 16.0. The maximum atomic E-state index is 14.4. The minimum absolute atomic E-state index is 0.0651. The van der Waals surface area contributed by atoms with Crippen molar-refractivity contribution >= 4 is 21.9 Å². The molecule has 4 bridgehead atoms. The van der Waals surface area contributed by atoms with Crippen LogP contribution >= 0.6 is 0 Å². The summed E-state index contributed by atoms with van der Waals surface area (Å²) in [5.74, 6) is -0.206. The van der Waals surface area contributed by atoms with Gasteiger partial charge in [-0.25, -0.2) is 18.1 Å². The number of hydrogen-bond acceptors (Lipinski definition) is 7. The third-order valence-corrected chi connectivity index (χ3v) is 9.30. The first-order valence-corrected chi connectivity index (χ1v) is 17.0. The van der Waals surface area contributed by atoms with Gasteiger partial charge in [0.15, 0.2) is 0 Å². The molecule has 1 aliphatic heterocycles. The highest BCUT2D eigenvalue weighted by Gasteiger charge is 2.32. The largest absolute Gasteiger partial charge is 0.475 e. The number of hydrogen-bond donors (Lipinski definition) is 1. The van der Waals surface area contributed by atoms with Gasteiger partial charge in [0.2, 0.25) is 11.8 Å². The van der Waals surface area contributed by atoms with Crippen molar-refractivity contribution in [2.75, 3.05) is 11.3 Å². The Kier molecular flexibility index (Phi) is 8.96. The van der Waals surface area contributed by atoms with Crippen LogP contribution in [-0.4, -0.2) is 46.8 Å². The Bertz CT molecular complexity index is 1840. The second kappa shape index (κ2) is 12.5. The summed E-state index contributed by atoms with van der Waals surface area (Å²) in [6.07, 6.45) is 2.42. The third kappa shape index (κ3) is 7.55. The molecule has 5 rings (SSSR count). The summed E-state index contributed by atoms with van der Waals surface area (Å²) in [7, 11) is -4.15. The Balaban J connectivity index is 1.65. The van der Waals surface area contributed by atoms with Crippen LogP contribution in [0.4, 0.5) is 5.95 Å². The Labute approximate surface area is 272 Å². The SMILES string of the molecule is Cc1cccc(C)c1-c1cc2nc(n1)NS(=O)(=O)c1cccc(c1)C(=O)N(Cc1ccc(C(C)(C)C)nc1)[C@H](CC(C)(C)C)CO2. The molecule has 0 aliphatic carbocycles.